The molecule has 2 unspecified atom stereocenters. The summed E-state index contributed by atoms with van der Waals surface area (Å²) in [6.07, 6.45) is 2.27. The predicted octanol–water partition coefficient (Wildman–Crippen LogP) is 2.80. The topological polar surface area (TPSA) is 84.5 Å². The van der Waals surface area contributed by atoms with Crippen LogP contribution in [0.25, 0.3) is 10.9 Å². The van der Waals surface area contributed by atoms with Gasteiger partial charge in [-0.15, -0.1) is 0 Å². The highest BCUT2D eigenvalue weighted by atomic mass is 16.5. The molecule has 0 radical (unpaired) electrons. The standard InChI is InChI=1S/C21H22N4O3/c1-27-15-8-7-13-9-14(12-22-17(13)10-15)23-21(26)19-11-18(24-25-19)16-5-3-4-6-20(16)28-2/h3-10,12,18-19,24-25H,11H2,1-2H3,(H,23,26). The molecule has 0 bridgehead atoms. The van der Waals surface area contributed by atoms with Crippen LogP contribution in [0.2, 0.25) is 0 Å². The van der Waals surface area contributed by atoms with Crippen LogP contribution < -0.4 is 25.6 Å². The molecule has 0 saturated carbocycles. The maximum absolute atomic E-state index is 12.7. The lowest BCUT2D eigenvalue weighted by molar-refractivity contribution is -0.117. The van der Waals surface area contributed by atoms with E-state index in [2.05, 4.69) is 21.2 Å². The van der Waals surface area contributed by atoms with Crippen LogP contribution in [0.3, 0.4) is 0 Å². The number of rotatable bonds is 5. The van der Waals surface area contributed by atoms with Crippen molar-refractivity contribution in [2.45, 2.75) is 18.5 Å². The first-order valence-electron chi connectivity index (χ1n) is 9.06. The Balaban J connectivity index is 1.45. The third kappa shape index (κ3) is 3.62. The number of nitrogens with zero attached hydrogens (tertiary/aromatic N) is 1. The Morgan fingerprint density at radius 2 is 1.96 bits per heavy atom. The molecule has 1 fully saturated rings. The number of hydrazine groups is 1. The van der Waals surface area contributed by atoms with Gasteiger partial charge in [0.2, 0.25) is 5.91 Å². The fraction of sp³-hybridized carbons (Fsp3) is 0.238. The summed E-state index contributed by atoms with van der Waals surface area (Å²) in [4.78, 5) is 17.1. The lowest BCUT2D eigenvalue weighted by Crippen LogP contribution is -2.39. The van der Waals surface area contributed by atoms with E-state index < -0.39 is 0 Å². The molecule has 144 valence electrons. The van der Waals surface area contributed by atoms with Crippen molar-refractivity contribution in [3.8, 4) is 11.5 Å². The molecule has 7 nitrogen and oxygen atoms in total. The van der Waals surface area contributed by atoms with Gasteiger partial charge < -0.3 is 14.8 Å². The number of fused-ring (bicyclic) bond motifs is 1. The highest BCUT2D eigenvalue weighted by molar-refractivity contribution is 5.96. The van der Waals surface area contributed by atoms with Crippen LogP contribution in [-0.2, 0) is 4.79 Å². The maximum atomic E-state index is 12.7. The first-order valence-corrected chi connectivity index (χ1v) is 9.06. The summed E-state index contributed by atoms with van der Waals surface area (Å²) in [7, 11) is 3.27. The Labute approximate surface area is 163 Å². The van der Waals surface area contributed by atoms with Gasteiger partial charge in [-0.2, -0.15) is 0 Å². The third-order valence-corrected chi connectivity index (χ3v) is 4.89. The first-order chi connectivity index (χ1) is 13.7. The molecule has 2 aromatic carbocycles. The van der Waals surface area contributed by atoms with E-state index in [4.69, 9.17) is 9.47 Å². The van der Waals surface area contributed by atoms with Gasteiger partial charge in [-0.25, -0.2) is 10.9 Å². The second kappa shape index (κ2) is 7.84. The van der Waals surface area contributed by atoms with Crippen molar-refractivity contribution in [1.82, 2.24) is 15.8 Å². The largest absolute Gasteiger partial charge is 0.497 e. The van der Waals surface area contributed by atoms with E-state index in [0.717, 1.165) is 28.0 Å². The number of pyridine rings is 1. The Bertz CT molecular complexity index is 1010. The van der Waals surface area contributed by atoms with E-state index in [9.17, 15) is 4.79 Å². The van der Waals surface area contributed by atoms with Crippen molar-refractivity contribution in [2.24, 2.45) is 0 Å². The number of carbonyl (C=O) groups is 1. The minimum Gasteiger partial charge on any atom is -0.497 e. The molecule has 1 aliphatic rings. The van der Waals surface area contributed by atoms with Gasteiger partial charge in [-0.05, 0) is 30.7 Å². The second-order valence-corrected chi connectivity index (χ2v) is 6.64. The van der Waals surface area contributed by atoms with Crippen LogP contribution in [0.15, 0.2) is 54.7 Å². The molecule has 7 heteroatoms. The number of nitrogens with one attached hydrogen (secondary N) is 3. The molecule has 3 aromatic rings. The minimum atomic E-state index is -0.360. The van der Waals surface area contributed by atoms with E-state index in [1.165, 1.54) is 0 Å². The third-order valence-electron chi connectivity index (χ3n) is 4.89. The Kier molecular flexibility index (Phi) is 5.10. The fourth-order valence-electron chi connectivity index (χ4n) is 3.41. The average molecular weight is 378 g/mol. The number of carbonyl (C=O) groups excluding carboxylic acids is 1. The van der Waals surface area contributed by atoms with Crippen molar-refractivity contribution >= 4 is 22.5 Å². The fourth-order valence-corrected chi connectivity index (χ4v) is 3.41. The highest BCUT2D eigenvalue weighted by Crippen LogP contribution is 2.30. The number of ether oxygens (including phenoxy) is 2. The molecule has 4 rings (SSSR count). The number of benzene rings is 2. The molecule has 1 saturated heterocycles. The highest BCUT2D eigenvalue weighted by Gasteiger charge is 2.31. The van der Waals surface area contributed by atoms with Gasteiger partial charge in [0.15, 0.2) is 0 Å². The quantitative estimate of drug-likeness (QED) is 0.633. The summed E-state index contributed by atoms with van der Waals surface area (Å²) in [5, 5.41) is 3.87. The molecule has 1 amide bonds. The van der Waals surface area contributed by atoms with Gasteiger partial charge in [-0.3, -0.25) is 9.78 Å². The molecule has 1 aromatic heterocycles. The zero-order valence-corrected chi connectivity index (χ0v) is 15.7. The van der Waals surface area contributed by atoms with Gasteiger partial charge in [0.1, 0.15) is 17.5 Å². The predicted molar refractivity (Wildman–Crippen MR) is 107 cm³/mol. The first kappa shape index (κ1) is 18.2. The van der Waals surface area contributed by atoms with Crippen LogP contribution in [0, 0.1) is 0 Å². The summed E-state index contributed by atoms with van der Waals surface area (Å²) >= 11 is 0. The van der Waals surface area contributed by atoms with Crippen molar-refractivity contribution in [3.05, 3.63) is 60.3 Å². The molecule has 1 aliphatic heterocycles. The van der Waals surface area contributed by atoms with Crippen molar-refractivity contribution in [3.63, 3.8) is 0 Å². The van der Waals surface area contributed by atoms with Crippen LogP contribution in [0.4, 0.5) is 5.69 Å². The van der Waals surface area contributed by atoms with Crippen LogP contribution in [-0.4, -0.2) is 31.2 Å². The second-order valence-electron chi connectivity index (χ2n) is 6.64. The lowest BCUT2D eigenvalue weighted by atomic mass is 10.0. The maximum Gasteiger partial charge on any atom is 0.242 e. The number of hydrogen-bond acceptors (Lipinski definition) is 6. The van der Waals surface area contributed by atoms with E-state index in [0.29, 0.717) is 12.1 Å². The van der Waals surface area contributed by atoms with Gasteiger partial charge in [0.25, 0.3) is 0 Å². The Morgan fingerprint density at radius 1 is 1.11 bits per heavy atom. The van der Waals surface area contributed by atoms with Crippen LogP contribution in [0.1, 0.15) is 18.0 Å². The average Bonchev–Trinajstić information content (AvgIpc) is 3.23. The van der Waals surface area contributed by atoms with Crippen molar-refractivity contribution in [2.75, 3.05) is 19.5 Å². The summed E-state index contributed by atoms with van der Waals surface area (Å²) in [5.41, 5.74) is 8.75. The number of anilines is 1. The monoisotopic (exact) mass is 378 g/mol. The molecule has 0 spiro atoms. The minimum absolute atomic E-state index is 0.00547. The summed E-state index contributed by atoms with van der Waals surface area (Å²) in [6.45, 7) is 0. The van der Waals surface area contributed by atoms with Crippen LogP contribution in [0.5, 0.6) is 11.5 Å². The molecular formula is C21H22N4O3. The number of para-hydroxylation sites is 1. The van der Waals surface area contributed by atoms with E-state index in [-0.39, 0.29) is 18.0 Å². The molecule has 2 heterocycles. The van der Waals surface area contributed by atoms with E-state index in [1.54, 1.807) is 20.4 Å². The number of aromatic nitrogens is 1. The van der Waals surface area contributed by atoms with Gasteiger partial charge in [0.05, 0.1) is 37.7 Å². The SMILES string of the molecule is COc1ccc2cc(NC(=O)C3CC(c4ccccc4OC)NN3)cnc2c1. The van der Waals surface area contributed by atoms with Crippen molar-refractivity contribution < 1.29 is 14.3 Å². The van der Waals surface area contributed by atoms with E-state index >= 15 is 0 Å². The zero-order chi connectivity index (χ0) is 19.5. The molecule has 0 aliphatic carbocycles. The van der Waals surface area contributed by atoms with Gasteiger partial charge in [-0.1, -0.05) is 18.2 Å². The van der Waals surface area contributed by atoms with Gasteiger partial charge >= 0.3 is 0 Å². The van der Waals surface area contributed by atoms with Crippen LogP contribution >= 0.6 is 0 Å². The number of amides is 1. The number of hydrogen-bond donors (Lipinski definition) is 3. The van der Waals surface area contributed by atoms with Crippen molar-refractivity contribution in [1.29, 1.82) is 0 Å². The molecule has 28 heavy (non-hydrogen) atoms. The summed E-state index contributed by atoms with van der Waals surface area (Å²) < 4.78 is 10.6. The normalized spacial score (nSPS) is 18.8. The lowest BCUT2D eigenvalue weighted by Gasteiger charge is -2.14. The summed E-state index contributed by atoms with van der Waals surface area (Å²) in [5.74, 6) is 1.44. The van der Waals surface area contributed by atoms with Gasteiger partial charge in [0, 0.05) is 17.0 Å². The molecular weight excluding hydrogens is 356 g/mol. The molecule has 3 N–H and O–H groups in total. The van der Waals surface area contributed by atoms with E-state index in [1.807, 2.05) is 48.5 Å². The Morgan fingerprint density at radius 3 is 2.79 bits per heavy atom. The molecule has 2 atom stereocenters. The smallest absolute Gasteiger partial charge is 0.242 e. The zero-order valence-electron chi connectivity index (χ0n) is 15.7. The Hall–Kier alpha value is -3.16. The summed E-state index contributed by atoms with van der Waals surface area (Å²) in [6, 6.07) is 15.0. The number of methoxy groups -OCH3 is 2.